The quantitative estimate of drug-likeness (QED) is 0.762. The van der Waals surface area contributed by atoms with Crippen molar-refractivity contribution >= 4 is 16.9 Å². The van der Waals surface area contributed by atoms with Crippen molar-refractivity contribution in [2.24, 2.45) is 7.05 Å². The maximum Gasteiger partial charge on any atom is 0.389 e. The topological polar surface area (TPSA) is 55.6 Å². The summed E-state index contributed by atoms with van der Waals surface area (Å²) in [6.07, 6.45) is -3.79. The van der Waals surface area contributed by atoms with Crippen molar-refractivity contribution in [1.29, 1.82) is 0 Å². The molecule has 0 atom stereocenters. The van der Waals surface area contributed by atoms with Crippen molar-refractivity contribution in [2.45, 2.75) is 32.5 Å². The van der Waals surface area contributed by atoms with Crippen LogP contribution in [0.15, 0.2) is 30.5 Å². The lowest BCUT2D eigenvalue weighted by atomic mass is 10.1. The fourth-order valence-electron chi connectivity index (χ4n) is 2.64. The summed E-state index contributed by atoms with van der Waals surface area (Å²) in [6.45, 7) is 2.40. The molecule has 2 heterocycles. The maximum atomic E-state index is 12.3. The van der Waals surface area contributed by atoms with Gasteiger partial charge in [0.1, 0.15) is 0 Å². The van der Waals surface area contributed by atoms with Gasteiger partial charge in [0.15, 0.2) is 0 Å². The van der Waals surface area contributed by atoms with Crippen LogP contribution in [0, 0.1) is 6.92 Å². The van der Waals surface area contributed by atoms with Crippen molar-refractivity contribution in [2.75, 3.05) is 5.32 Å². The third-order valence-electron chi connectivity index (χ3n) is 3.87. The van der Waals surface area contributed by atoms with E-state index in [0.717, 1.165) is 22.2 Å². The lowest BCUT2D eigenvalue weighted by Crippen LogP contribution is -2.10. The second kappa shape index (κ2) is 6.70. The second-order valence-electron chi connectivity index (χ2n) is 5.93. The fraction of sp³-hybridized carbons (Fsp3) is 0.353. The molecule has 3 rings (SSSR count). The number of benzene rings is 1. The van der Waals surface area contributed by atoms with Gasteiger partial charge >= 0.3 is 6.18 Å². The first-order valence-corrected chi connectivity index (χ1v) is 7.86. The van der Waals surface area contributed by atoms with E-state index in [-0.39, 0.29) is 6.42 Å². The summed E-state index contributed by atoms with van der Waals surface area (Å²) in [6, 6.07) is 7.58. The van der Waals surface area contributed by atoms with Crippen molar-refractivity contribution in [1.82, 2.24) is 19.7 Å². The summed E-state index contributed by atoms with van der Waals surface area (Å²) in [7, 11) is 1.87. The van der Waals surface area contributed by atoms with E-state index in [4.69, 9.17) is 0 Å². The molecule has 3 aromatic rings. The molecule has 8 heteroatoms. The highest BCUT2D eigenvalue weighted by Gasteiger charge is 2.26. The van der Waals surface area contributed by atoms with Crippen LogP contribution in [0.1, 0.15) is 23.4 Å². The number of nitrogens with zero attached hydrogens (tertiary/aromatic N) is 4. The zero-order valence-corrected chi connectivity index (χ0v) is 13.9. The van der Waals surface area contributed by atoms with Crippen molar-refractivity contribution in [3.8, 4) is 0 Å². The Kier molecular flexibility index (Phi) is 4.61. The highest BCUT2D eigenvalue weighted by molar-refractivity contribution is 5.82. The van der Waals surface area contributed by atoms with Crippen LogP contribution in [0.5, 0.6) is 0 Å². The third kappa shape index (κ3) is 4.26. The smallest absolute Gasteiger partial charge is 0.348 e. The molecule has 5 nitrogen and oxygen atoms in total. The van der Waals surface area contributed by atoms with Gasteiger partial charge < -0.3 is 5.32 Å². The van der Waals surface area contributed by atoms with Crippen molar-refractivity contribution in [3.05, 3.63) is 47.4 Å². The van der Waals surface area contributed by atoms with Gasteiger partial charge in [-0.3, -0.25) is 4.68 Å². The summed E-state index contributed by atoms with van der Waals surface area (Å²) in [5, 5.41) is 8.56. The number of halogens is 3. The molecule has 1 aromatic carbocycles. The van der Waals surface area contributed by atoms with Crippen LogP contribution in [0.2, 0.25) is 0 Å². The Morgan fingerprint density at radius 3 is 2.76 bits per heavy atom. The Labute approximate surface area is 142 Å². The minimum atomic E-state index is -4.19. The molecule has 1 N–H and O–H groups in total. The number of alkyl halides is 3. The maximum absolute atomic E-state index is 12.3. The Morgan fingerprint density at radius 2 is 2.00 bits per heavy atom. The van der Waals surface area contributed by atoms with Crippen LogP contribution < -0.4 is 5.32 Å². The van der Waals surface area contributed by atoms with Crippen molar-refractivity contribution < 1.29 is 13.2 Å². The van der Waals surface area contributed by atoms with Gasteiger partial charge in [-0.2, -0.15) is 18.3 Å². The van der Waals surface area contributed by atoms with Gasteiger partial charge in [0.2, 0.25) is 5.95 Å². The molecule has 0 saturated heterocycles. The summed E-state index contributed by atoms with van der Waals surface area (Å²) in [5.41, 5.74) is 3.34. The predicted octanol–water partition coefficient (Wildman–Crippen LogP) is 3.78. The molecule has 0 aliphatic carbocycles. The summed E-state index contributed by atoms with van der Waals surface area (Å²) in [5.74, 6) is 0.297. The summed E-state index contributed by atoms with van der Waals surface area (Å²) < 4.78 is 38.8. The standard InChI is InChI=1S/C17H18F3N5/c1-11-3-4-15-13(9-11)14(24-25(15)2)10-22-16-21-8-6-12(23-16)5-7-17(18,19)20/h3-4,6,8-9H,5,7,10H2,1-2H3,(H,21,22,23). The van der Waals surface area contributed by atoms with Crippen LogP contribution in [-0.4, -0.2) is 25.9 Å². The molecule has 0 bridgehead atoms. The SMILES string of the molecule is Cc1ccc2c(c1)c(CNc1nccc(CCC(F)(F)F)n1)nn2C. The molecule has 132 valence electrons. The highest BCUT2D eigenvalue weighted by Crippen LogP contribution is 2.22. The van der Waals surface area contributed by atoms with E-state index in [2.05, 4.69) is 26.4 Å². The number of aromatic nitrogens is 4. The van der Waals surface area contributed by atoms with E-state index in [0.29, 0.717) is 18.2 Å². The normalized spacial score (nSPS) is 11.9. The summed E-state index contributed by atoms with van der Waals surface area (Å²) >= 11 is 0. The van der Waals surface area contributed by atoms with E-state index in [9.17, 15) is 13.2 Å². The Bertz CT molecular complexity index is 886. The Morgan fingerprint density at radius 1 is 1.20 bits per heavy atom. The molecule has 0 saturated carbocycles. The van der Waals surface area contributed by atoms with Crippen LogP contribution in [0.4, 0.5) is 19.1 Å². The molecule has 0 amide bonds. The van der Waals surface area contributed by atoms with Gasteiger partial charge in [-0.25, -0.2) is 9.97 Å². The van der Waals surface area contributed by atoms with E-state index in [1.54, 1.807) is 4.68 Å². The minimum absolute atomic E-state index is 0.160. The molecular weight excluding hydrogens is 331 g/mol. The average Bonchev–Trinajstić information content (AvgIpc) is 2.86. The van der Waals surface area contributed by atoms with Crippen molar-refractivity contribution in [3.63, 3.8) is 0 Å². The Hall–Kier alpha value is -2.64. The highest BCUT2D eigenvalue weighted by atomic mass is 19.4. The van der Waals surface area contributed by atoms with Gasteiger partial charge in [0, 0.05) is 30.7 Å². The zero-order valence-electron chi connectivity index (χ0n) is 13.9. The third-order valence-corrected chi connectivity index (χ3v) is 3.87. The number of hydrogen-bond acceptors (Lipinski definition) is 4. The first-order chi connectivity index (χ1) is 11.8. The Balaban J connectivity index is 1.73. The van der Waals surface area contributed by atoms with Crippen LogP contribution in [-0.2, 0) is 20.0 Å². The molecule has 0 fully saturated rings. The lowest BCUT2D eigenvalue weighted by Gasteiger charge is -2.07. The lowest BCUT2D eigenvalue weighted by molar-refractivity contribution is -0.134. The van der Waals surface area contributed by atoms with Gasteiger partial charge in [-0.05, 0) is 31.5 Å². The zero-order chi connectivity index (χ0) is 18.0. The van der Waals surface area contributed by atoms with Gasteiger partial charge in [-0.1, -0.05) is 11.6 Å². The van der Waals surface area contributed by atoms with Gasteiger partial charge in [0.05, 0.1) is 17.8 Å². The minimum Gasteiger partial charge on any atom is -0.348 e. The number of fused-ring (bicyclic) bond motifs is 1. The number of rotatable bonds is 5. The number of anilines is 1. The molecule has 0 aliphatic rings. The number of aryl methyl sites for hydroxylation is 3. The van der Waals surface area contributed by atoms with E-state index < -0.39 is 12.6 Å². The molecule has 0 unspecified atom stereocenters. The number of nitrogens with one attached hydrogen (secondary N) is 1. The molecule has 0 radical (unpaired) electrons. The first-order valence-electron chi connectivity index (χ1n) is 7.86. The second-order valence-corrected chi connectivity index (χ2v) is 5.93. The van der Waals surface area contributed by atoms with Gasteiger partial charge in [-0.15, -0.1) is 0 Å². The number of hydrogen-bond donors (Lipinski definition) is 1. The molecule has 0 aliphatic heterocycles. The summed E-state index contributed by atoms with van der Waals surface area (Å²) in [4.78, 5) is 8.20. The van der Waals surface area contributed by atoms with Crippen LogP contribution in [0.3, 0.4) is 0 Å². The molecule has 25 heavy (non-hydrogen) atoms. The molecule has 2 aromatic heterocycles. The largest absolute Gasteiger partial charge is 0.389 e. The van der Waals surface area contributed by atoms with Crippen LogP contribution in [0.25, 0.3) is 10.9 Å². The predicted molar refractivity (Wildman–Crippen MR) is 89.2 cm³/mol. The molecular formula is C17H18F3N5. The monoisotopic (exact) mass is 349 g/mol. The first kappa shape index (κ1) is 17.2. The van der Waals surface area contributed by atoms with E-state index in [1.165, 1.54) is 12.3 Å². The molecule has 0 spiro atoms. The van der Waals surface area contributed by atoms with E-state index in [1.807, 2.05) is 26.1 Å². The van der Waals surface area contributed by atoms with E-state index >= 15 is 0 Å². The fourth-order valence-corrected chi connectivity index (χ4v) is 2.64. The van der Waals surface area contributed by atoms with Gasteiger partial charge in [0.25, 0.3) is 0 Å². The van der Waals surface area contributed by atoms with Crippen LogP contribution >= 0.6 is 0 Å². The average molecular weight is 349 g/mol.